The number of carbonyl (C=O) groups is 2. The molecule has 0 aliphatic heterocycles. The molecule has 11 nitrogen and oxygen atoms in total. The molecule has 3 aromatic rings. The Morgan fingerprint density at radius 1 is 1.03 bits per heavy atom. The van der Waals surface area contributed by atoms with Crippen molar-refractivity contribution < 1.29 is 32.2 Å². The second kappa shape index (κ2) is 11.8. The molecule has 0 atom stereocenters. The van der Waals surface area contributed by atoms with E-state index in [1.54, 1.807) is 12.1 Å². The number of benzene rings is 1. The van der Waals surface area contributed by atoms with E-state index in [0.717, 1.165) is 4.31 Å². The lowest BCUT2D eigenvalue weighted by Crippen LogP contribution is -2.22. The van der Waals surface area contributed by atoms with Gasteiger partial charge in [0, 0.05) is 32.4 Å². The second-order valence-electron chi connectivity index (χ2n) is 8.32. The third-order valence-corrected chi connectivity index (χ3v) is 6.69. The minimum Gasteiger partial charge on any atom is -0.475 e. The fraction of sp³-hybridized carbons (Fsp3) is 0.280. The van der Waals surface area contributed by atoms with E-state index >= 15 is 0 Å². The maximum absolute atomic E-state index is 12.9. The molecule has 1 aromatic carbocycles. The normalized spacial score (nSPS) is 11.3. The van der Waals surface area contributed by atoms with Gasteiger partial charge < -0.3 is 19.5 Å². The predicted molar refractivity (Wildman–Crippen MR) is 135 cm³/mol. The molecule has 1 N–H and O–H groups in total. The molecular weight excluding hydrogens is 500 g/mol. The molecule has 37 heavy (non-hydrogen) atoms. The number of carbonyl (C=O) groups excluding carboxylic acids is 2. The highest BCUT2D eigenvalue weighted by molar-refractivity contribution is 7.89. The lowest BCUT2D eigenvalue weighted by Gasteiger charge is -2.14. The first-order valence-corrected chi connectivity index (χ1v) is 12.6. The molecule has 0 spiro atoms. The zero-order valence-electron chi connectivity index (χ0n) is 21.1. The summed E-state index contributed by atoms with van der Waals surface area (Å²) in [6, 6.07) is 12.0. The van der Waals surface area contributed by atoms with E-state index < -0.39 is 21.9 Å². The first-order chi connectivity index (χ1) is 17.5. The summed E-state index contributed by atoms with van der Waals surface area (Å²) in [5, 5.41) is 2.68. The van der Waals surface area contributed by atoms with Crippen LogP contribution in [-0.2, 0) is 26.0 Å². The minimum absolute atomic E-state index is 0.0702. The quantitative estimate of drug-likeness (QED) is 0.393. The van der Waals surface area contributed by atoms with Gasteiger partial charge in [-0.1, -0.05) is 6.07 Å². The average molecular weight is 529 g/mol. The summed E-state index contributed by atoms with van der Waals surface area (Å²) in [7, 11) is 0.614. The summed E-state index contributed by atoms with van der Waals surface area (Å²) in [6.45, 7) is 3.64. The number of anilines is 1. The van der Waals surface area contributed by atoms with E-state index in [2.05, 4.69) is 20.0 Å². The third kappa shape index (κ3) is 7.48. The van der Waals surface area contributed by atoms with Gasteiger partial charge in [-0.25, -0.2) is 17.7 Å². The summed E-state index contributed by atoms with van der Waals surface area (Å²) >= 11 is 0. The maximum atomic E-state index is 12.9. The predicted octanol–water partition coefficient (Wildman–Crippen LogP) is 3.27. The Bertz CT molecular complexity index is 1360. The van der Waals surface area contributed by atoms with Gasteiger partial charge in [0.2, 0.25) is 21.8 Å². The van der Waals surface area contributed by atoms with Crippen molar-refractivity contribution in [2.75, 3.05) is 26.5 Å². The van der Waals surface area contributed by atoms with Crippen molar-refractivity contribution in [3.05, 3.63) is 65.9 Å². The summed E-state index contributed by atoms with van der Waals surface area (Å²) in [5.41, 5.74) is 0.842. The first kappa shape index (κ1) is 27.6. The number of aromatic nitrogens is 2. The SMILES string of the molecule is COC(=O)Cc1ccc(NC(=O)c2cc(Oc3ccc(S(=O)(=O)N(C)C)cc3)nc(OC(C)C)c2)nc1. The number of amides is 1. The van der Waals surface area contributed by atoms with E-state index in [4.69, 9.17) is 9.47 Å². The highest BCUT2D eigenvalue weighted by Crippen LogP contribution is 2.26. The summed E-state index contributed by atoms with van der Waals surface area (Å²) < 4.78 is 41.8. The van der Waals surface area contributed by atoms with Crippen LogP contribution in [-0.4, -0.2) is 61.9 Å². The van der Waals surface area contributed by atoms with Crippen molar-refractivity contribution in [1.82, 2.24) is 14.3 Å². The van der Waals surface area contributed by atoms with Crippen LogP contribution in [0.3, 0.4) is 0 Å². The fourth-order valence-electron chi connectivity index (χ4n) is 3.01. The van der Waals surface area contributed by atoms with Crippen molar-refractivity contribution in [2.24, 2.45) is 0 Å². The smallest absolute Gasteiger partial charge is 0.310 e. The second-order valence-corrected chi connectivity index (χ2v) is 10.5. The van der Waals surface area contributed by atoms with Gasteiger partial charge in [-0.2, -0.15) is 4.98 Å². The first-order valence-electron chi connectivity index (χ1n) is 11.2. The molecule has 0 aliphatic carbocycles. The topological polar surface area (TPSA) is 137 Å². The Kier molecular flexibility index (Phi) is 8.79. The number of rotatable bonds is 10. The monoisotopic (exact) mass is 528 g/mol. The van der Waals surface area contributed by atoms with Crippen LogP contribution in [0.1, 0.15) is 29.8 Å². The van der Waals surface area contributed by atoms with Gasteiger partial charge in [0.25, 0.3) is 5.91 Å². The molecule has 0 saturated heterocycles. The lowest BCUT2D eigenvalue weighted by atomic mass is 10.2. The molecule has 3 rings (SSSR count). The summed E-state index contributed by atoms with van der Waals surface area (Å²) in [6.07, 6.45) is 1.33. The molecule has 0 fully saturated rings. The van der Waals surface area contributed by atoms with Crippen molar-refractivity contribution in [3.8, 4) is 17.5 Å². The van der Waals surface area contributed by atoms with Gasteiger partial charge in [-0.15, -0.1) is 0 Å². The van der Waals surface area contributed by atoms with Crippen LogP contribution in [0.25, 0.3) is 0 Å². The highest BCUT2D eigenvalue weighted by Gasteiger charge is 2.18. The fourth-order valence-corrected chi connectivity index (χ4v) is 3.91. The Morgan fingerprint density at radius 3 is 2.27 bits per heavy atom. The van der Waals surface area contributed by atoms with E-state index in [0.29, 0.717) is 11.3 Å². The zero-order chi connectivity index (χ0) is 27.2. The molecule has 1 amide bonds. The Morgan fingerprint density at radius 2 is 1.70 bits per heavy atom. The number of nitrogens with zero attached hydrogens (tertiary/aromatic N) is 3. The van der Waals surface area contributed by atoms with Crippen LogP contribution in [0.5, 0.6) is 17.5 Å². The number of hydrogen-bond acceptors (Lipinski definition) is 9. The van der Waals surface area contributed by atoms with Crippen LogP contribution in [0.4, 0.5) is 5.82 Å². The van der Waals surface area contributed by atoms with Crippen LogP contribution < -0.4 is 14.8 Å². The zero-order valence-corrected chi connectivity index (χ0v) is 21.9. The molecule has 2 aromatic heterocycles. The number of sulfonamides is 1. The Labute approximate surface area is 215 Å². The van der Waals surface area contributed by atoms with Gasteiger partial charge in [-0.3, -0.25) is 9.59 Å². The lowest BCUT2D eigenvalue weighted by molar-refractivity contribution is -0.139. The third-order valence-electron chi connectivity index (χ3n) is 4.86. The number of ether oxygens (including phenoxy) is 3. The molecular formula is C25H28N4O7S. The van der Waals surface area contributed by atoms with Crippen LogP contribution in [0.15, 0.2) is 59.6 Å². The maximum Gasteiger partial charge on any atom is 0.310 e. The van der Waals surface area contributed by atoms with Crippen molar-refractivity contribution in [3.63, 3.8) is 0 Å². The molecule has 12 heteroatoms. The number of esters is 1. The number of methoxy groups -OCH3 is 1. The van der Waals surface area contributed by atoms with E-state index in [-0.39, 0.29) is 40.6 Å². The molecule has 2 heterocycles. The molecule has 0 saturated carbocycles. The van der Waals surface area contributed by atoms with Crippen molar-refractivity contribution in [2.45, 2.75) is 31.3 Å². The minimum atomic E-state index is -3.58. The number of hydrogen-bond donors (Lipinski definition) is 1. The number of pyridine rings is 2. The van der Waals surface area contributed by atoms with Crippen molar-refractivity contribution in [1.29, 1.82) is 0 Å². The van der Waals surface area contributed by atoms with Gasteiger partial charge in [0.1, 0.15) is 11.6 Å². The molecule has 0 unspecified atom stereocenters. The Hall–Kier alpha value is -4.03. The van der Waals surface area contributed by atoms with Crippen molar-refractivity contribution >= 4 is 27.7 Å². The van der Waals surface area contributed by atoms with E-state index in [1.165, 1.54) is 63.8 Å². The van der Waals surface area contributed by atoms with Gasteiger partial charge in [0.05, 0.1) is 30.1 Å². The van der Waals surface area contributed by atoms with Crippen LogP contribution in [0.2, 0.25) is 0 Å². The number of nitrogens with one attached hydrogen (secondary N) is 1. The molecule has 0 radical (unpaired) electrons. The largest absolute Gasteiger partial charge is 0.475 e. The molecule has 0 aliphatic rings. The molecule has 0 bridgehead atoms. The van der Waals surface area contributed by atoms with E-state index in [9.17, 15) is 18.0 Å². The van der Waals surface area contributed by atoms with Gasteiger partial charge in [0.15, 0.2) is 0 Å². The van der Waals surface area contributed by atoms with E-state index in [1.807, 2.05) is 13.8 Å². The standard InChI is InChI=1S/C25H28N4O7S/c1-16(2)35-22-13-18(25(31)27-21-11-6-17(15-26-21)12-24(30)34-5)14-23(28-22)36-19-7-9-20(10-8-19)37(32,33)29(3)4/h6-11,13-16H,12H2,1-5H3,(H,26,27,31). The molecule has 196 valence electrons. The van der Waals surface area contributed by atoms with Crippen LogP contribution in [0, 0.1) is 0 Å². The van der Waals surface area contributed by atoms with Crippen LogP contribution >= 0.6 is 0 Å². The van der Waals surface area contributed by atoms with Gasteiger partial charge >= 0.3 is 5.97 Å². The van der Waals surface area contributed by atoms with Gasteiger partial charge in [-0.05, 0) is 49.7 Å². The summed E-state index contributed by atoms with van der Waals surface area (Å²) in [4.78, 5) is 32.9. The summed E-state index contributed by atoms with van der Waals surface area (Å²) in [5.74, 6) is -0.0298. The Balaban J connectivity index is 1.81. The average Bonchev–Trinajstić information content (AvgIpc) is 2.84. The highest BCUT2D eigenvalue weighted by atomic mass is 32.2.